The van der Waals surface area contributed by atoms with Crippen molar-refractivity contribution in [1.29, 1.82) is 0 Å². The molecule has 0 saturated heterocycles. The lowest BCUT2D eigenvalue weighted by molar-refractivity contribution is 0.600. The van der Waals surface area contributed by atoms with Gasteiger partial charge in [-0.15, -0.1) is 0 Å². The molecule has 0 aliphatic heterocycles. The maximum Gasteiger partial charge on any atom is 0.263 e. The number of anilines is 1. The average molecular weight is 447 g/mol. The molecule has 0 unspecified atom stereocenters. The molecule has 0 bridgehead atoms. The number of nitrogens with one attached hydrogen (secondary N) is 1. The van der Waals surface area contributed by atoms with E-state index in [0.717, 1.165) is 29.0 Å². The molecular weight excluding hydrogens is 434 g/mol. The minimum atomic E-state index is -4.03. The predicted molar refractivity (Wildman–Crippen MR) is 114 cm³/mol. The van der Waals surface area contributed by atoms with Crippen molar-refractivity contribution in [3.05, 3.63) is 88.8 Å². The van der Waals surface area contributed by atoms with Crippen LogP contribution in [0.1, 0.15) is 0 Å². The first-order chi connectivity index (χ1) is 13.8. The maximum atomic E-state index is 13.3. The van der Waals surface area contributed by atoms with Crippen LogP contribution >= 0.6 is 23.2 Å². The molecule has 0 saturated carbocycles. The zero-order valence-electron chi connectivity index (χ0n) is 14.7. The lowest BCUT2D eigenvalue weighted by Gasteiger charge is -2.13. The second-order valence-electron chi connectivity index (χ2n) is 6.26. The van der Waals surface area contributed by atoms with Gasteiger partial charge in [0.15, 0.2) is 0 Å². The van der Waals surface area contributed by atoms with E-state index in [2.05, 4.69) is 9.71 Å². The highest BCUT2D eigenvalue weighted by atomic mass is 35.5. The highest BCUT2D eigenvalue weighted by molar-refractivity contribution is 7.92. The number of rotatable bonds is 4. The van der Waals surface area contributed by atoms with Crippen LogP contribution in [0.15, 0.2) is 77.8 Å². The van der Waals surface area contributed by atoms with Gasteiger partial charge in [0.2, 0.25) is 0 Å². The second kappa shape index (κ2) is 7.63. The molecule has 3 aromatic carbocycles. The molecule has 4 rings (SSSR count). The number of pyridine rings is 1. The second-order valence-corrected chi connectivity index (χ2v) is 8.72. The van der Waals surface area contributed by atoms with Crippen molar-refractivity contribution >= 4 is 49.7 Å². The molecule has 0 amide bonds. The molecule has 0 radical (unpaired) electrons. The van der Waals surface area contributed by atoms with Crippen LogP contribution in [0.25, 0.3) is 22.0 Å². The Balaban J connectivity index is 1.78. The molecule has 4 aromatic rings. The number of benzene rings is 3. The highest BCUT2D eigenvalue weighted by Crippen LogP contribution is 2.34. The van der Waals surface area contributed by atoms with E-state index in [-0.39, 0.29) is 15.6 Å². The monoisotopic (exact) mass is 446 g/mol. The summed E-state index contributed by atoms with van der Waals surface area (Å²) < 4.78 is 41.1. The number of hydrogen-bond donors (Lipinski definition) is 1. The standard InChI is InChI=1S/C21H13Cl2FN2O2S/c22-18-7-6-15(26-29(27,28)20-8-5-14(24)11-19(20)23)12-17(18)21-16-4-2-1-3-13(16)9-10-25-21/h1-12,26H. The van der Waals surface area contributed by atoms with Gasteiger partial charge in [-0.05, 0) is 47.9 Å². The van der Waals surface area contributed by atoms with Crippen molar-refractivity contribution in [3.8, 4) is 11.3 Å². The Hall–Kier alpha value is -2.67. The summed E-state index contributed by atoms with van der Waals surface area (Å²) in [5.74, 6) is -0.621. The van der Waals surface area contributed by atoms with Crippen LogP contribution in [0.5, 0.6) is 0 Å². The summed E-state index contributed by atoms with van der Waals surface area (Å²) in [6, 6.07) is 17.4. The Kier molecular flexibility index (Phi) is 5.17. The molecule has 29 heavy (non-hydrogen) atoms. The lowest BCUT2D eigenvalue weighted by atomic mass is 10.0. The van der Waals surface area contributed by atoms with Crippen LogP contribution in [-0.2, 0) is 10.0 Å². The van der Waals surface area contributed by atoms with Gasteiger partial charge in [0, 0.05) is 22.8 Å². The van der Waals surface area contributed by atoms with Gasteiger partial charge in [0.05, 0.1) is 15.7 Å². The molecular formula is C21H13Cl2FN2O2S. The van der Waals surface area contributed by atoms with Crippen molar-refractivity contribution in [2.24, 2.45) is 0 Å². The molecule has 1 aromatic heterocycles. The van der Waals surface area contributed by atoms with E-state index >= 15 is 0 Å². The first-order valence-corrected chi connectivity index (χ1v) is 10.7. The van der Waals surface area contributed by atoms with E-state index in [1.165, 1.54) is 6.07 Å². The molecule has 0 aliphatic carbocycles. The van der Waals surface area contributed by atoms with Crippen molar-refractivity contribution in [2.45, 2.75) is 4.90 Å². The van der Waals surface area contributed by atoms with E-state index in [1.807, 2.05) is 30.3 Å². The Bertz CT molecular complexity index is 1340. The number of sulfonamides is 1. The Morgan fingerprint density at radius 3 is 2.48 bits per heavy atom. The molecule has 1 heterocycles. The van der Waals surface area contributed by atoms with Gasteiger partial charge in [-0.2, -0.15) is 0 Å². The topological polar surface area (TPSA) is 59.1 Å². The van der Waals surface area contributed by atoms with E-state index in [9.17, 15) is 12.8 Å². The average Bonchev–Trinajstić information content (AvgIpc) is 2.68. The first-order valence-electron chi connectivity index (χ1n) is 8.47. The van der Waals surface area contributed by atoms with Crippen LogP contribution < -0.4 is 4.72 Å². The van der Waals surface area contributed by atoms with Gasteiger partial charge < -0.3 is 0 Å². The lowest BCUT2D eigenvalue weighted by Crippen LogP contribution is -2.13. The minimum Gasteiger partial charge on any atom is -0.280 e. The van der Waals surface area contributed by atoms with Gasteiger partial charge >= 0.3 is 0 Å². The number of fused-ring (bicyclic) bond motifs is 1. The quantitative estimate of drug-likeness (QED) is 0.408. The van der Waals surface area contributed by atoms with Crippen LogP contribution in [0, 0.1) is 5.82 Å². The highest BCUT2D eigenvalue weighted by Gasteiger charge is 2.19. The fourth-order valence-electron chi connectivity index (χ4n) is 3.01. The van der Waals surface area contributed by atoms with Gasteiger partial charge in [0.25, 0.3) is 10.0 Å². The minimum absolute atomic E-state index is 0.206. The van der Waals surface area contributed by atoms with Gasteiger partial charge in [0.1, 0.15) is 10.7 Å². The van der Waals surface area contributed by atoms with Crippen LogP contribution in [0.2, 0.25) is 10.0 Å². The van der Waals surface area contributed by atoms with E-state index in [4.69, 9.17) is 23.2 Å². The largest absolute Gasteiger partial charge is 0.280 e. The Morgan fingerprint density at radius 2 is 1.69 bits per heavy atom. The van der Waals surface area contributed by atoms with E-state index < -0.39 is 15.8 Å². The fraction of sp³-hybridized carbons (Fsp3) is 0. The zero-order chi connectivity index (χ0) is 20.6. The molecule has 1 N–H and O–H groups in total. The van der Waals surface area contributed by atoms with Crippen LogP contribution in [0.3, 0.4) is 0 Å². The summed E-state index contributed by atoms with van der Waals surface area (Å²) in [6.07, 6.45) is 1.67. The van der Waals surface area contributed by atoms with E-state index in [1.54, 1.807) is 18.3 Å². The maximum absolute atomic E-state index is 13.3. The first kappa shape index (κ1) is 19.6. The van der Waals surface area contributed by atoms with Crippen LogP contribution in [-0.4, -0.2) is 13.4 Å². The summed E-state index contributed by atoms with van der Waals surface area (Å²) in [7, 11) is -4.03. The van der Waals surface area contributed by atoms with Crippen molar-refractivity contribution in [1.82, 2.24) is 4.98 Å². The summed E-state index contributed by atoms with van der Waals surface area (Å²) in [5.41, 5.74) is 1.49. The van der Waals surface area contributed by atoms with Crippen LogP contribution in [0.4, 0.5) is 10.1 Å². The third-order valence-corrected chi connectivity index (χ3v) is 6.52. The van der Waals surface area contributed by atoms with E-state index in [0.29, 0.717) is 16.3 Å². The van der Waals surface area contributed by atoms with Gasteiger partial charge in [-0.25, -0.2) is 12.8 Å². The number of aromatic nitrogens is 1. The SMILES string of the molecule is O=S(=O)(Nc1ccc(Cl)c(-c2nccc3ccccc23)c1)c1ccc(F)cc1Cl. The summed E-state index contributed by atoms with van der Waals surface area (Å²) in [5, 5.41) is 2.09. The van der Waals surface area contributed by atoms with Gasteiger partial charge in [-0.1, -0.05) is 47.5 Å². The Labute approximate surface area is 177 Å². The summed E-state index contributed by atoms with van der Waals surface area (Å²) in [4.78, 5) is 4.21. The number of nitrogens with zero attached hydrogens (tertiary/aromatic N) is 1. The zero-order valence-corrected chi connectivity index (χ0v) is 17.1. The van der Waals surface area contributed by atoms with Gasteiger partial charge in [-0.3, -0.25) is 9.71 Å². The molecule has 146 valence electrons. The normalized spacial score (nSPS) is 11.6. The molecule has 0 aliphatic rings. The third kappa shape index (κ3) is 3.92. The Morgan fingerprint density at radius 1 is 0.897 bits per heavy atom. The smallest absolute Gasteiger partial charge is 0.263 e. The molecule has 4 nitrogen and oxygen atoms in total. The fourth-order valence-corrected chi connectivity index (χ4v) is 4.80. The van der Waals surface area contributed by atoms with Crippen molar-refractivity contribution in [3.63, 3.8) is 0 Å². The molecule has 8 heteroatoms. The number of hydrogen-bond acceptors (Lipinski definition) is 3. The molecule has 0 fully saturated rings. The molecule has 0 spiro atoms. The predicted octanol–water partition coefficient (Wildman–Crippen LogP) is 6.15. The number of halogens is 3. The molecule has 0 atom stereocenters. The van der Waals surface area contributed by atoms with Crippen molar-refractivity contribution in [2.75, 3.05) is 4.72 Å². The summed E-state index contributed by atoms with van der Waals surface area (Å²) >= 11 is 12.3. The van der Waals surface area contributed by atoms with Crippen molar-refractivity contribution < 1.29 is 12.8 Å². The third-order valence-electron chi connectivity index (χ3n) is 4.33. The summed E-state index contributed by atoms with van der Waals surface area (Å²) in [6.45, 7) is 0.